The standard InChI is InChI=1S/C5H4Cl2N2O/c6-4-1-2-5(7,3-10)9-8-4/h1-3,9H. The van der Waals surface area contributed by atoms with Crippen LogP contribution in [0.3, 0.4) is 0 Å². The first-order valence-corrected chi connectivity index (χ1v) is 3.27. The zero-order valence-corrected chi connectivity index (χ0v) is 6.36. The molecule has 0 aromatic heterocycles. The third kappa shape index (κ3) is 1.49. The number of hydrogen-bond acceptors (Lipinski definition) is 3. The maximum Gasteiger partial charge on any atom is 0.202 e. The highest BCUT2D eigenvalue weighted by Gasteiger charge is 2.24. The number of alkyl halides is 1. The summed E-state index contributed by atoms with van der Waals surface area (Å²) >= 11 is 11.0. The molecule has 5 heteroatoms. The minimum atomic E-state index is -1.21. The Balaban J connectivity index is 2.76. The van der Waals surface area contributed by atoms with Gasteiger partial charge in [0.05, 0.1) is 0 Å². The number of hydrazone groups is 1. The van der Waals surface area contributed by atoms with Crippen LogP contribution < -0.4 is 5.43 Å². The zero-order valence-electron chi connectivity index (χ0n) is 4.84. The maximum absolute atomic E-state index is 10.2. The quantitative estimate of drug-likeness (QED) is 0.368. The lowest BCUT2D eigenvalue weighted by molar-refractivity contribution is -0.109. The maximum atomic E-state index is 10.2. The molecule has 1 N–H and O–H groups in total. The fraction of sp³-hybridized carbons (Fsp3) is 0.200. The molecule has 0 aliphatic carbocycles. The Morgan fingerprint density at radius 3 is 2.90 bits per heavy atom. The summed E-state index contributed by atoms with van der Waals surface area (Å²) in [6, 6.07) is 0. The van der Waals surface area contributed by atoms with Crippen molar-refractivity contribution in [1.82, 2.24) is 5.43 Å². The molecule has 0 aromatic carbocycles. The molecular formula is C5H4Cl2N2O. The van der Waals surface area contributed by atoms with Gasteiger partial charge in [-0.25, -0.2) is 0 Å². The Morgan fingerprint density at radius 2 is 2.50 bits per heavy atom. The van der Waals surface area contributed by atoms with Gasteiger partial charge in [-0.2, -0.15) is 5.10 Å². The van der Waals surface area contributed by atoms with Gasteiger partial charge < -0.3 is 0 Å². The summed E-state index contributed by atoms with van der Waals surface area (Å²) < 4.78 is 0. The third-order valence-electron chi connectivity index (χ3n) is 0.969. The van der Waals surface area contributed by atoms with Gasteiger partial charge in [0, 0.05) is 0 Å². The van der Waals surface area contributed by atoms with E-state index >= 15 is 0 Å². The molecule has 1 aliphatic rings. The second-order valence-electron chi connectivity index (χ2n) is 1.77. The second-order valence-corrected chi connectivity index (χ2v) is 2.78. The van der Waals surface area contributed by atoms with Crippen molar-refractivity contribution >= 4 is 34.7 Å². The smallest absolute Gasteiger partial charge is 0.202 e. The highest BCUT2D eigenvalue weighted by Crippen LogP contribution is 2.13. The van der Waals surface area contributed by atoms with E-state index in [-0.39, 0.29) is 5.17 Å². The van der Waals surface area contributed by atoms with Gasteiger partial charge in [0.2, 0.25) is 5.00 Å². The van der Waals surface area contributed by atoms with E-state index in [0.29, 0.717) is 6.29 Å². The van der Waals surface area contributed by atoms with Crippen molar-refractivity contribution < 1.29 is 4.79 Å². The van der Waals surface area contributed by atoms with Crippen LogP contribution >= 0.6 is 23.2 Å². The van der Waals surface area contributed by atoms with Crippen LogP contribution in [0.25, 0.3) is 0 Å². The average molecular weight is 179 g/mol. The molecule has 0 aromatic rings. The van der Waals surface area contributed by atoms with E-state index in [4.69, 9.17) is 23.2 Å². The number of carbonyl (C=O) groups excluding carboxylic acids is 1. The van der Waals surface area contributed by atoms with Gasteiger partial charge >= 0.3 is 0 Å². The lowest BCUT2D eigenvalue weighted by Gasteiger charge is -2.17. The minimum absolute atomic E-state index is 0.276. The van der Waals surface area contributed by atoms with Gasteiger partial charge in [0.1, 0.15) is 5.17 Å². The Hall–Kier alpha value is -0.540. The molecule has 1 heterocycles. The molecule has 1 rings (SSSR count). The molecule has 1 aliphatic heterocycles. The highest BCUT2D eigenvalue weighted by atomic mass is 35.5. The summed E-state index contributed by atoms with van der Waals surface area (Å²) in [5.74, 6) is 0. The summed E-state index contributed by atoms with van der Waals surface area (Å²) in [6.45, 7) is 0. The van der Waals surface area contributed by atoms with Gasteiger partial charge in [-0.3, -0.25) is 10.2 Å². The molecule has 0 amide bonds. The van der Waals surface area contributed by atoms with Crippen LogP contribution in [0.4, 0.5) is 0 Å². The topological polar surface area (TPSA) is 41.5 Å². The van der Waals surface area contributed by atoms with E-state index < -0.39 is 5.00 Å². The zero-order chi connectivity index (χ0) is 7.61. The molecule has 3 nitrogen and oxygen atoms in total. The summed E-state index contributed by atoms with van der Waals surface area (Å²) in [5, 5.41) is 3.81. The van der Waals surface area contributed by atoms with Crippen LogP contribution in [0.1, 0.15) is 0 Å². The predicted octanol–water partition coefficient (Wildman–Crippen LogP) is 0.832. The highest BCUT2D eigenvalue weighted by molar-refractivity contribution is 6.68. The van der Waals surface area contributed by atoms with E-state index in [9.17, 15) is 4.79 Å². The molecule has 1 unspecified atom stereocenters. The minimum Gasteiger partial charge on any atom is -0.299 e. The van der Waals surface area contributed by atoms with E-state index in [1.54, 1.807) is 0 Å². The first kappa shape index (κ1) is 7.57. The molecule has 0 saturated heterocycles. The molecule has 0 saturated carbocycles. The van der Waals surface area contributed by atoms with Crippen LogP contribution in [-0.2, 0) is 4.79 Å². The number of carbonyl (C=O) groups is 1. The normalized spacial score (nSPS) is 30.8. The lowest BCUT2D eigenvalue weighted by atomic mass is 10.3. The number of nitrogens with one attached hydrogen (secondary N) is 1. The first-order chi connectivity index (χ1) is 4.66. The van der Waals surface area contributed by atoms with Crippen molar-refractivity contribution in [3.63, 3.8) is 0 Å². The summed E-state index contributed by atoms with van der Waals surface area (Å²) in [4.78, 5) is 9.02. The molecule has 10 heavy (non-hydrogen) atoms. The number of halogens is 2. The molecule has 54 valence electrons. The van der Waals surface area contributed by atoms with Crippen LogP contribution in [0.15, 0.2) is 17.3 Å². The SMILES string of the molecule is O=CC1(Cl)C=CC(Cl)=NN1. The molecule has 1 atom stereocenters. The fourth-order valence-corrected chi connectivity index (χ4v) is 0.680. The summed E-state index contributed by atoms with van der Waals surface area (Å²) in [7, 11) is 0. The number of hydrogen-bond donors (Lipinski definition) is 1. The molecule has 0 radical (unpaired) electrons. The van der Waals surface area contributed by atoms with Crippen molar-refractivity contribution in [1.29, 1.82) is 0 Å². The van der Waals surface area contributed by atoms with E-state index in [2.05, 4.69) is 10.5 Å². The average Bonchev–Trinajstić information content (AvgIpc) is 1.96. The van der Waals surface area contributed by atoms with Crippen LogP contribution in [-0.4, -0.2) is 16.5 Å². The third-order valence-corrected chi connectivity index (χ3v) is 1.48. The van der Waals surface area contributed by atoms with Crippen LogP contribution in [0.5, 0.6) is 0 Å². The monoisotopic (exact) mass is 178 g/mol. The van der Waals surface area contributed by atoms with E-state index in [0.717, 1.165) is 0 Å². The predicted molar refractivity (Wildman–Crippen MR) is 40.2 cm³/mol. The Bertz CT molecular complexity index is 214. The van der Waals surface area contributed by atoms with Crippen LogP contribution in [0, 0.1) is 0 Å². The number of aldehydes is 1. The molecular weight excluding hydrogens is 175 g/mol. The number of rotatable bonds is 1. The fourth-order valence-electron chi connectivity index (χ4n) is 0.469. The van der Waals surface area contributed by atoms with Gasteiger partial charge in [-0.05, 0) is 12.2 Å². The van der Waals surface area contributed by atoms with E-state index in [1.165, 1.54) is 12.2 Å². The van der Waals surface area contributed by atoms with Gasteiger partial charge in [0.25, 0.3) is 0 Å². The van der Waals surface area contributed by atoms with Crippen LogP contribution in [0.2, 0.25) is 0 Å². The van der Waals surface area contributed by atoms with Crippen molar-refractivity contribution in [2.45, 2.75) is 5.00 Å². The largest absolute Gasteiger partial charge is 0.299 e. The summed E-state index contributed by atoms with van der Waals surface area (Å²) in [5.41, 5.74) is 2.36. The van der Waals surface area contributed by atoms with E-state index in [1.807, 2.05) is 0 Å². The number of allylic oxidation sites excluding steroid dienone is 1. The molecule has 0 fully saturated rings. The Morgan fingerprint density at radius 1 is 1.80 bits per heavy atom. The first-order valence-electron chi connectivity index (χ1n) is 2.51. The molecule has 0 spiro atoms. The van der Waals surface area contributed by atoms with Crippen molar-refractivity contribution in [2.75, 3.05) is 0 Å². The van der Waals surface area contributed by atoms with Crippen molar-refractivity contribution in [2.24, 2.45) is 5.10 Å². The Labute approximate surface area is 67.7 Å². The van der Waals surface area contributed by atoms with Gasteiger partial charge in [-0.15, -0.1) is 0 Å². The lowest BCUT2D eigenvalue weighted by Crippen LogP contribution is -2.38. The van der Waals surface area contributed by atoms with Gasteiger partial charge in [-0.1, -0.05) is 23.2 Å². The number of nitrogens with zero attached hydrogens (tertiary/aromatic N) is 1. The van der Waals surface area contributed by atoms with Crippen molar-refractivity contribution in [3.05, 3.63) is 12.2 Å². The second kappa shape index (κ2) is 2.60. The van der Waals surface area contributed by atoms with Crippen molar-refractivity contribution in [3.8, 4) is 0 Å². The van der Waals surface area contributed by atoms with Gasteiger partial charge in [0.15, 0.2) is 6.29 Å². The molecule has 0 bridgehead atoms. The Kier molecular flexibility index (Phi) is 1.97. The summed E-state index contributed by atoms with van der Waals surface area (Å²) in [6.07, 6.45) is 3.42.